The molecule has 134 valence electrons. The number of nitrogens with one attached hydrogen (secondary N) is 1. The van der Waals surface area contributed by atoms with Crippen LogP contribution < -0.4 is 9.47 Å². The summed E-state index contributed by atoms with van der Waals surface area (Å²) in [5.74, 6) is 1.28. The van der Waals surface area contributed by atoms with Crippen LogP contribution in [0.3, 0.4) is 0 Å². The van der Waals surface area contributed by atoms with Crippen LogP contribution in [-0.2, 0) is 5.60 Å². The standard InChI is InChI=1S/C20H20N2O4/c1-20(17-11-21-18-8-7-14(25-2)9-16(17)18)10-13(12-22(23)24)15-5-3-4-6-19(15)26-20/h3-9,11,13,21H,10,12H2,1-2H3/t13-,20-/m1/s1. The summed E-state index contributed by atoms with van der Waals surface area (Å²) in [6.45, 7) is 1.89. The van der Waals surface area contributed by atoms with Gasteiger partial charge in [-0.1, -0.05) is 18.2 Å². The van der Waals surface area contributed by atoms with Gasteiger partial charge >= 0.3 is 0 Å². The Hall–Kier alpha value is -3.02. The van der Waals surface area contributed by atoms with Crippen molar-refractivity contribution in [3.8, 4) is 11.5 Å². The van der Waals surface area contributed by atoms with Crippen molar-refractivity contribution < 1.29 is 14.4 Å². The van der Waals surface area contributed by atoms with Gasteiger partial charge in [0, 0.05) is 39.6 Å². The van der Waals surface area contributed by atoms with Crippen LogP contribution in [0.15, 0.2) is 48.7 Å². The van der Waals surface area contributed by atoms with Crippen molar-refractivity contribution in [3.05, 3.63) is 69.9 Å². The molecule has 2 atom stereocenters. The molecule has 2 aromatic carbocycles. The number of fused-ring (bicyclic) bond motifs is 2. The van der Waals surface area contributed by atoms with Crippen LogP contribution in [-0.4, -0.2) is 23.6 Å². The molecule has 6 nitrogen and oxygen atoms in total. The van der Waals surface area contributed by atoms with Gasteiger partial charge in [-0.2, -0.15) is 0 Å². The maximum absolute atomic E-state index is 11.2. The minimum Gasteiger partial charge on any atom is -0.497 e. The van der Waals surface area contributed by atoms with E-state index in [1.165, 1.54) is 0 Å². The SMILES string of the molecule is COc1ccc2[nH]cc([C@@]3(C)C[C@H](C[N+](=O)[O-])c4ccccc4O3)c2c1. The molecule has 0 saturated carbocycles. The molecule has 0 unspecified atom stereocenters. The Morgan fingerprint density at radius 3 is 2.92 bits per heavy atom. The van der Waals surface area contributed by atoms with E-state index in [1.807, 2.05) is 55.6 Å². The van der Waals surface area contributed by atoms with E-state index in [-0.39, 0.29) is 17.4 Å². The fraction of sp³-hybridized carbons (Fsp3) is 0.300. The first-order valence-corrected chi connectivity index (χ1v) is 8.55. The number of methoxy groups -OCH3 is 1. The number of benzene rings is 2. The molecule has 1 aliphatic rings. The number of para-hydroxylation sites is 1. The molecule has 0 bridgehead atoms. The second-order valence-electron chi connectivity index (χ2n) is 6.90. The normalized spacial score (nSPS) is 21.8. The van der Waals surface area contributed by atoms with E-state index in [0.29, 0.717) is 12.2 Å². The van der Waals surface area contributed by atoms with E-state index in [9.17, 15) is 10.1 Å². The zero-order valence-corrected chi connectivity index (χ0v) is 14.7. The highest BCUT2D eigenvalue weighted by Crippen LogP contribution is 2.47. The van der Waals surface area contributed by atoms with Crippen molar-refractivity contribution in [2.45, 2.75) is 24.9 Å². The summed E-state index contributed by atoms with van der Waals surface area (Å²) in [5, 5.41) is 12.2. The van der Waals surface area contributed by atoms with Gasteiger partial charge < -0.3 is 14.5 Å². The number of nitrogens with zero attached hydrogens (tertiary/aromatic N) is 1. The zero-order valence-electron chi connectivity index (χ0n) is 14.7. The maximum atomic E-state index is 11.2. The Kier molecular flexibility index (Phi) is 3.83. The van der Waals surface area contributed by atoms with Crippen molar-refractivity contribution in [3.63, 3.8) is 0 Å². The first-order chi connectivity index (χ1) is 12.5. The monoisotopic (exact) mass is 352 g/mol. The molecule has 26 heavy (non-hydrogen) atoms. The predicted molar refractivity (Wildman–Crippen MR) is 98.5 cm³/mol. The number of ether oxygens (including phenoxy) is 2. The lowest BCUT2D eigenvalue weighted by molar-refractivity contribution is -0.484. The quantitative estimate of drug-likeness (QED) is 0.563. The summed E-state index contributed by atoms with van der Waals surface area (Å²) in [6.07, 6.45) is 2.47. The van der Waals surface area contributed by atoms with Crippen molar-refractivity contribution >= 4 is 10.9 Å². The lowest BCUT2D eigenvalue weighted by Crippen LogP contribution is -2.37. The summed E-state index contributed by atoms with van der Waals surface area (Å²) in [4.78, 5) is 14.2. The zero-order chi connectivity index (χ0) is 18.3. The molecule has 0 amide bonds. The Morgan fingerprint density at radius 1 is 1.35 bits per heavy atom. The summed E-state index contributed by atoms with van der Waals surface area (Å²) >= 11 is 0. The first kappa shape index (κ1) is 16.4. The lowest BCUT2D eigenvalue weighted by Gasteiger charge is -2.39. The summed E-state index contributed by atoms with van der Waals surface area (Å²) in [5.41, 5.74) is 2.20. The van der Waals surface area contributed by atoms with Gasteiger partial charge in [-0.25, -0.2) is 0 Å². The predicted octanol–water partition coefficient (Wildman–Crippen LogP) is 4.23. The van der Waals surface area contributed by atoms with Crippen LogP contribution in [0, 0.1) is 10.1 Å². The third-order valence-corrected chi connectivity index (χ3v) is 5.16. The maximum Gasteiger partial charge on any atom is 0.210 e. The van der Waals surface area contributed by atoms with Crippen molar-refractivity contribution in [1.82, 2.24) is 4.98 Å². The summed E-state index contributed by atoms with van der Waals surface area (Å²) in [7, 11) is 1.63. The largest absolute Gasteiger partial charge is 0.497 e. The second-order valence-corrected chi connectivity index (χ2v) is 6.90. The van der Waals surface area contributed by atoms with Gasteiger partial charge in [0.05, 0.1) is 13.0 Å². The number of aromatic nitrogens is 1. The molecule has 1 N–H and O–H groups in total. The third kappa shape index (κ3) is 2.67. The van der Waals surface area contributed by atoms with E-state index in [4.69, 9.17) is 9.47 Å². The van der Waals surface area contributed by atoms with Gasteiger partial charge in [0.25, 0.3) is 0 Å². The Balaban J connectivity index is 1.82. The number of hydrogen-bond acceptors (Lipinski definition) is 4. The molecule has 0 spiro atoms. The van der Waals surface area contributed by atoms with E-state index in [1.54, 1.807) is 7.11 Å². The van der Waals surface area contributed by atoms with Crippen LogP contribution in [0.4, 0.5) is 0 Å². The highest BCUT2D eigenvalue weighted by molar-refractivity contribution is 5.85. The van der Waals surface area contributed by atoms with Gasteiger partial charge in [-0.3, -0.25) is 10.1 Å². The van der Waals surface area contributed by atoms with Crippen LogP contribution in [0.1, 0.15) is 30.4 Å². The van der Waals surface area contributed by atoms with Gasteiger partial charge in [0.1, 0.15) is 17.1 Å². The molecule has 4 rings (SSSR count). The fourth-order valence-electron chi connectivity index (χ4n) is 3.95. The third-order valence-electron chi connectivity index (χ3n) is 5.16. The Bertz CT molecular complexity index is 981. The van der Waals surface area contributed by atoms with Crippen molar-refractivity contribution in [2.75, 3.05) is 13.7 Å². The molecule has 0 saturated heterocycles. The topological polar surface area (TPSA) is 77.4 Å². The molecule has 1 aliphatic heterocycles. The Morgan fingerprint density at radius 2 is 2.15 bits per heavy atom. The van der Waals surface area contributed by atoms with Crippen LogP contribution in [0.25, 0.3) is 10.9 Å². The average molecular weight is 352 g/mol. The minimum absolute atomic E-state index is 0.109. The number of nitro groups is 1. The molecule has 0 fully saturated rings. The van der Waals surface area contributed by atoms with E-state index >= 15 is 0 Å². The molecule has 1 aromatic heterocycles. The Labute approximate surface area is 150 Å². The molecular formula is C20H20N2O4. The van der Waals surface area contributed by atoms with Gasteiger partial charge in [-0.05, 0) is 31.2 Å². The van der Waals surface area contributed by atoms with E-state index < -0.39 is 5.60 Å². The lowest BCUT2D eigenvalue weighted by atomic mass is 9.79. The van der Waals surface area contributed by atoms with E-state index in [0.717, 1.165) is 27.8 Å². The van der Waals surface area contributed by atoms with Crippen LogP contribution in [0.5, 0.6) is 11.5 Å². The molecule has 2 heterocycles. The molecule has 0 radical (unpaired) electrons. The smallest absolute Gasteiger partial charge is 0.210 e. The minimum atomic E-state index is -0.667. The van der Waals surface area contributed by atoms with Gasteiger partial charge in [-0.15, -0.1) is 0 Å². The number of aromatic amines is 1. The molecule has 6 heteroatoms. The number of hydrogen-bond donors (Lipinski definition) is 1. The van der Waals surface area contributed by atoms with Crippen molar-refractivity contribution in [1.29, 1.82) is 0 Å². The van der Waals surface area contributed by atoms with Gasteiger partial charge in [0.15, 0.2) is 0 Å². The summed E-state index contributed by atoms with van der Waals surface area (Å²) < 4.78 is 11.7. The second kappa shape index (κ2) is 6.05. The van der Waals surface area contributed by atoms with Gasteiger partial charge in [0.2, 0.25) is 6.54 Å². The molecular weight excluding hydrogens is 332 g/mol. The fourth-order valence-corrected chi connectivity index (χ4v) is 3.95. The number of H-pyrrole nitrogens is 1. The average Bonchev–Trinajstić information content (AvgIpc) is 3.05. The van der Waals surface area contributed by atoms with Crippen LogP contribution >= 0.6 is 0 Å². The molecule has 3 aromatic rings. The summed E-state index contributed by atoms with van der Waals surface area (Å²) in [6, 6.07) is 13.4. The first-order valence-electron chi connectivity index (χ1n) is 8.55. The highest BCUT2D eigenvalue weighted by atomic mass is 16.6. The molecule has 0 aliphatic carbocycles. The van der Waals surface area contributed by atoms with Crippen LogP contribution in [0.2, 0.25) is 0 Å². The van der Waals surface area contributed by atoms with E-state index in [2.05, 4.69) is 4.98 Å². The highest BCUT2D eigenvalue weighted by Gasteiger charge is 2.41. The van der Waals surface area contributed by atoms with Crippen molar-refractivity contribution in [2.24, 2.45) is 0 Å². The number of rotatable bonds is 4.